The summed E-state index contributed by atoms with van der Waals surface area (Å²) in [4.78, 5) is 18.0. The molecule has 1 amide bonds. The first-order valence-corrected chi connectivity index (χ1v) is 9.23. The first-order valence-electron chi connectivity index (χ1n) is 9.23. The van der Waals surface area contributed by atoms with E-state index in [1.807, 2.05) is 6.20 Å². The predicted molar refractivity (Wildman–Crippen MR) is 106 cm³/mol. The number of aryl methyl sites for hydroxylation is 1. The smallest absolute Gasteiger partial charge is 0.248 e. The summed E-state index contributed by atoms with van der Waals surface area (Å²) in [5, 5.41) is 7.56. The molecular weight excluding hydrogens is 338 g/mol. The molecule has 0 spiro atoms. The number of carbonyl (C=O) groups excluding carboxylic acids is 1. The second-order valence-corrected chi connectivity index (χ2v) is 7.04. The lowest BCUT2D eigenvalue weighted by Crippen LogP contribution is -2.34. The zero-order valence-electron chi connectivity index (χ0n) is 15.4. The van der Waals surface area contributed by atoms with Crippen LogP contribution in [0.1, 0.15) is 40.4 Å². The van der Waals surface area contributed by atoms with Crippen molar-refractivity contribution in [2.75, 3.05) is 18.0 Å². The Bertz CT molecular complexity index is 956. The van der Waals surface area contributed by atoms with Crippen LogP contribution in [0.25, 0.3) is 11.1 Å². The molecule has 0 bridgehead atoms. The second kappa shape index (κ2) is 7.23. The zero-order valence-corrected chi connectivity index (χ0v) is 15.4. The van der Waals surface area contributed by atoms with Crippen molar-refractivity contribution in [2.45, 2.75) is 25.7 Å². The summed E-state index contributed by atoms with van der Waals surface area (Å²) in [6.45, 7) is 3.89. The predicted octanol–water partition coefficient (Wildman–Crippen LogP) is 3.26. The average molecular weight is 361 g/mol. The number of hydrogen-bond donors (Lipinski definition) is 2. The molecule has 0 saturated carbocycles. The number of anilines is 1. The van der Waals surface area contributed by atoms with Crippen LogP contribution in [0.4, 0.5) is 5.82 Å². The number of hydrogen-bond acceptors (Lipinski definition) is 4. The third kappa shape index (κ3) is 3.43. The maximum absolute atomic E-state index is 11.4. The van der Waals surface area contributed by atoms with Crippen LogP contribution in [0.2, 0.25) is 0 Å². The van der Waals surface area contributed by atoms with Gasteiger partial charge in [0.25, 0.3) is 0 Å². The van der Waals surface area contributed by atoms with Crippen molar-refractivity contribution in [1.29, 1.82) is 0 Å². The Morgan fingerprint density at radius 3 is 2.70 bits per heavy atom. The lowest BCUT2D eigenvalue weighted by Gasteiger charge is -2.33. The lowest BCUT2D eigenvalue weighted by molar-refractivity contribution is 0.1000. The quantitative estimate of drug-likeness (QED) is 0.746. The molecule has 6 heteroatoms. The number of benzene rings is 1. The van der Waals surface area contributed by atoms with Gasteiger partial charge in [-0.1, -0.05) is 24.3 Å². The fourth-order valence-corrected chi connectivity index (χ4v) is 3.84. The minimum Gasteiger partial charge on any atom is -0.366 e. The van der Waals surface area contributed by atoms with E-state index in [9.17, 15) is 4.79 Å². The number of nitrogens with two attached hydrogens (primary N) is 1. The van der Waals surface area contributed by atoms with Gasteiger partial charge in [0, 0.05) is 42.0 Å². The summed E-state index contributed by atoms with van der Waals surface area (Å²) < 4.78 is 0. The van der Waals surface area contributed by atoms with E-state index in [0.717, 1.165) is 31.7 Å². The summed E-state index contributed by atoms with van der Waals surface area (Å²) in [6.07, 6.45) is 5.59. The van der Waals surface area contributed by atoms with Gasteiger partial charge in [-0.05, 0) is 43.0 Å². The number of nitrogens with one attached hydrogen (secondary N) is 1. The van der Waals surface area contributed by atoms with Crippen LogP contribution in [0.5, 0.6) is 0 Å². The van der Waals surface area contributed by atoms with Gasteiger partial charge in [0.15, 0.2) is 0 Å². The summed E-state index contributed by atoms with van der Waals surface area (Å²) in [5.41, 5.74) is 10.8. The minimum atomic E-state index is -0.422. The van der Waals surface area contributed by atoms with Gasteiger partial charge < -0.3 is 10.6 Å². The van der Waals surface area contributed by atoms with Crippen molar-refractivity contribution >= 4 is 11.7 Å². The van der Waals surface area contributed by atoms with Crippen molar-refractivity contribution in [3.63, 3.8) is 0 Å². The Morgan fingerprint density at radius 2 is 1.96 bits per heavy atom. The summed E-state index contributed by atoms with van der Waals surface area (Å²) >= 11 is 0. The Balaban J connectivity index is 1.51. The number of H-pyrrole nitrogens is 1. The molecule has 1 saturated heterocycles. The zero-order chi connectivity index (χ0) is 18.8. The molecule has 27 heavy (non-hydrogen) atoms. The fourth-order valence-electron chi connectivity index (χ4n) is 3.84. The highest BCUT2D eigenvalue weighted by Crippen LogP contribution is 2.35. The van der Waals surface area contributed by atoms with E-state index in [4.69, 9.17) is 5.73 Å². The van der Waals surface area contributed by atoms with Crippen molar-refractivity contribution in [3.8, 4) is 11.1 Å². The van der Waals surface area contributed by atoms with E-state index in [0.29, 0.717) is 11.5 Å². The molecule has 0 atom stereocenters. The second-order valence-electron chi connectivity index (χ2n) is 7.04. The fraction of sp³-hybridized carbons (Fsp3) is 0.286. The molecule has 1 aliphatic heterocycles. The molecule has 1 fully saturated rings. The monoisotopic (exact) mass is 361 g/mol. The summed E-state index contributed by atoms with van der Waals surface area (Å²) in [5.74, 6) is 0.819. The molecule has 0 radical (unpaired) electrons. The van der Waals surface area contributed by atoms with Gasteiger partial charge in [0.2, 0.25) is 5.91 Å². The molecule has 3 aromatic rings. The Hall–Kier alpha value is -3.15. The highest BCUT2D eigenvalue weighted by Gasteiger charge is 2.25. The Kier molecular flexibility index (Phi) is 4.62. The molecule has 1 aliphatic rings. The maximum atomic E-state index is 11.4. The van der Waals surface area contributed by atoms with Gasteiger partial charge in [-0.3, -0.25) is 9.89 Å². The SMILES string of the molecule is Cc1ccccc1-c1cn[nH]c1C1CCN(c2cc(C(N)=O)ccn2)CC1. The number of pyridine rings is 1. The molecule has 4 rings (SSSR count). The first kappa shape index (κ1) is 17.3. The molecule has 0 aliphatic carbocycles. The van der Waals surface area contributed by atoms with Crippen LogP contribution in [0.15, 0.2) is 48.8 Å². The van der Waals surface area contributed by atoms with Crippen LogP contribution < -0.4 is 10.6 Å². The van der Waals surface area contributed by atoms with E-state index in [2.05, 4.69) is 51.3 Å². The summed E-state index contributed by atoms with van der Waals surface area (Å²) in [6, 6.07) is 11.8. The molecular formula is C21H23N5O. The van der Waals surface area contributed by atoms with Crippen LogP contribution >= 0.6 is 0 Å². The molecule has 138 valence electrons. The Morgan fingerprint density at radius 1 is 1.19 bits per heavy atom. The van der Waals surface area contributed by atoms with E-state index in [-0.39, 0.29) is 0 Å². The van der Waals surface area contributed by atoms with Gasteiger partial charge >= 0.3 is 0 Å². The molecule has 3 heterocycles. The minimum absolute atomic E-state index is 0.422. The molecule has 2 aromatic heterocycles. The van der Waals surface area contributed by atoms with Crippen LogP contribution in [-0.4, -0.2) is 34.2 Å². The van der Waals surface area contributed by atoms with E-state index >= 15 is 0 Å². The van der Waals surface area contributed by atoms with Gasteiger partial charge in [-0.25, -0.2) is 4.98 Å². The third-order valence-corrected chi connectivity index (χ3v) is 5.36. The topological polar surface area (TPSA) is 87.9 Å². The average Bonchev–Trinajstić information content (AvgIpc) is 3.18. The van der Waals surface area contributed by atoms with E-state index < -0.39 is 5.91 Å². The number of aromatic nitrogens is 3. The lowest BCUT2D eigenvalue weighted by atomic mass is 9.88. The van der Waals surface area contributed by atoms with Gasteiger partial charge in [-0.15, -0.1) is 0 Å². The van der Waals surface area contributed by atoms with Gasteiger partial charge in [0.1, 0.15) is 5.82 Å². The maximum Gasteiger partial charge on any atom is 0.248 e. The van der Waals surface area contributed by atoms with Crippen molar-refractivity contribution in [1.82, 2.24) is 15.2 Å². The Labute approximate surface area is 158 Å². The number of rotatable bonds is 4. The van der Waals surface area contributed by atoms with Crippen molar-refractivity contribution in [2.24, 2.45) is 5.73 Å². The van der Waals surface area contributed by atoms with E-state index in [1.54, 1.807) is 18.3 Å². The van der Waals surface area contributed by atoms with Crippen LogP contribution in [-0.2, 0) is 0 Å². The van der Waals surface area contributed by atoms with Crippen LogP contribution in [0.3, 0.4) is 0 Å². The van der Waals surface area contributed by atoms with E-state index in [1.165, 1.54) is 22.4 Å². The number of carbonyl (C=O) groups is 1. The molecule has 3 N–H and O–H groups in total. The summed E-state index contributed by atoms with van der Waals surface area (Å²) in [7, 11) is 0. The molecule has 1 aromatic carbocycles. The highest BCUT2D eigenvalue weighted by molar-refractivity contribution is 5.93. The van der Waals surface area contributed by atoms with Crippen molar-refractivity contribution < 1.29 is 4.79 Å². The third-order valence-electron chi connectivity index (χ3n) is 5.36. The normalized spacial score (nSPS) is 15.1. The highest BCUT2D eigenvalue weighted by atomic mass is 16.1. The van der Waals surface area contributed by atoms with Crippen LogP contribution in [0, 0.1) is 6.92 Å². The largest absolute Gasteiger partial charge is 0.366 e. The van der Waals surface area contributed by atoms with Gasteiger partial charge in [-0.2, -0.15) is 5.10 Å². The first-order chi connectivity index (χ1) is 13.1. The van der Waals surface area contributed by atoms with Crippen molar-refractivity contribution in [3.05, 3.63) is 65.6 Å². The van der Waals surface area contributed by atoms with Gasteiger partial charge in [0.05, 0.1) is 6.20 Å². The number of amides is 1. The number of aromatic amines is 1. The number of piperidine rings is 1. The molecule has 6 nitrogen and oxygen atoms in total. The number of primary amides is 1. The standard InChI is InChI=1S/C21H23N5O/c1-14-4-2-3-5-17(14)18-13-24-25-20(18)15-7-10-26(11-8-15)19-12-16(21(22)27)6-9-23-19/h2-6,9,12-13,15H,7-8,10-11H2,1H3,(H2,22,27)(H,24,25). The molecule has 0 unspecified atom stereocenters. The number of nitrogens with zero attached hydrogens (tertiary/aromatic N) is 3.